The van der Waals surface area contributed by atoms with Crippen molar-refractivity contribution < 1.29 is 17.7 Å². The number of hydrogen-bond acceptors (Lipinski definition) is 1. The Morgan fingerprint density at radius 1 is 1.05 bits per heavy atom. The summed E-state index contributed by atoms with van der Waals surface area (Å²) in [5, 5.41) is 0. The molecule has 1 nitrogen and oxygen atoms in total. The van der Waals surface area contributed by atoms with Crippen LogP contribution in [-0.2, 0) is 0 Å². The van der Waals surface area contributed by atoms with Crippen molar-refractivity contribution in [2.24, 2.45) is 0 Å². The number of benzene rings is 1. The van der Waals surface area contributed by atoms with Gasteiger partial charge in [-0.15, -0.1) is 5.46 Å². The van der Waals surface area contributed by atoms with E-state index in [1.165, 1.54) is 31.9 Å². The van der Waals surface area contributed by atoms with Crippen molar-refractivity contribution in [2.45, 2.75) is 51.6 Å². The zero-order valence-corrected chi connectivity index (χ0v) is 11.2. The SMILES string of the molecule is Cc1cc(OC2CCCCCC2)ccc1[B-](F)(F)F. The van der Waals surface area contributed by atoms with Gasteiger partial charge in [0.2, 0.25) is 0 Å². The van der Waals surface area contributed by atoms with Gasteiger partial charge in [0.05, 0.1) is 6.10 Å². The van der Waals surface area contributed by atoms with E-state index in [4.69, 9.17) is 4.74 Å². The Labute approximate surface area is 112 Å². The standard InChI is InChI=1S/C14H19BF3O/c1-11-10-13(8-9-14(11)15(16,17)18)19-12-6-4-2-3-5-7-12/h8-10,12H,2-7H2,1H3/q-1. The zero-order chi connectivity index (χ0) is 13.9. The fourth-order valence-corrected chi connectivity index (χ4v) is 2.64. The number of hydrogen-bond donors (Lipinski definition) is 0. The number of halogens is 3. The number of ether oxygens (including phenoxy) is 1. The van der Waals surface area contributed by atoms with Crippen LogP contribution in [0.25, 0.3) is 0 Å². The first-order chi connectivity index (χ1) is 8.97. The van der Waals surface area contributed by atoms with Gasteiger partial charge in [-0.05, 0) is 44.7 Å². The molecule has 1 aliphatic rings. The molecule has 0 aliphatic heterocycles. The van der Waals surface area contributed by atoms with E-state index in [0.717, 1.165) is 31.7 Å². The smallest absolute Gasteiger partial charge is 0.490 e. The third kappa shape index (κ3) is 3.92. The molecule has 106 valence electrons. The second-order valence-corrected chi connectivity index (χ2v) is 5.32. The largest absolute Gasteiger partial charge is 0.509 e. The maximum absolute atomic E-state index is 12.7. The Morgan fingerprint density at radius 2 is 1.68 bits per heavy atom. The van der Waals surface area contributed by atoms with Crippen LogP contribution in [0.2, 0.25) is 0 Å². The first-order valence-corrected chi connectivity index (χ1v) is 6.94. The summed E-state index contributed by atoms with van der Waals surface area (Å²) in [5.41, 5.74) is -0.271. The molecule has 2 rings (SSSR count). The van der Waals surface area contributed by atoms with E-state index in [0.29, 0.717) is 5.75 Å². The van der Waals surface area contributed by atoms with Crippen molar-refractivity contribution in [3.05, 3.63) is 23.8 Å². The van der Waals surface area contributed by atoms with Gasteiger partial charge >= 0.3 is 6.98 Å². The summed E-state index contributed by atoms with van der Waals surface area (Å²) in [7, 11) is 0. The summed E-state index contributed by atoms with van der Waals surface area (Å²) in [5.74, 6) is 0.563. The third-order valence-electron chi connectivity index (χ3n) is 3.70. The van der Waals surface area contributed by atoms with Crippen molar-refractivity contribution in [1.29, 1.82) is 0 Å². The number of aryl methyl sites for hydroxylation is 1. The van der Waals surface area contributed by atoms with E-state index >= 15 is 0 Å². The number of rotatable bonds is 3. The molecule has 0 saturated heterocycles. The Balaban J connectivity index is 2.07. The average molecular weight is 271 g/mol. The van der Waals surface area contributed by atoms with Crippen molar-refractivity contribution >= 4 is 12.4 Å². The van der Waals surface area contributed by atoms with Crippen molar-refractivity contribution in [2.75, 3.05) is 0 Å². The highest BCUT2D eigenvalue weighted by atomic mass is 19.4. The van der Waals surface area contributed by atoms with Gasteiger partial charge in [-0.1, -0.05) is 24.5 Å². The molecule has 0 aromatic heterocycles. The van der Waals surface area contributed by atoms with E-state index in [-0.39, 0.29) is 11.7 Å². The van der Waals surface area contributed by atoms with Gasteiger partial charge in [-0.25, -0.2) is 0 Å². The highest BCUT2D eigenvalue weighted by molar-refractivity contribution is 6.74. The zero-order valence-electron chi connectivity index (χ0n) is 11.2. The molecule has 19 heavy (non-hydrogen) atoms. The summed E-state index contributed by atoms with van der Waals surface area (Å²) >= 11 is 0. The van der Waals surface area contributed by atoms with Gasteiger partial charge < -0.3 is 17.7 Å². The fraction of sp³-hybridized carbons (Fsp3) is 0.571. The predicted molar refractivity (Wildman–Crippen MR) is 72.0 cm³/mol. The fourth-order valence-electron chi connectivity index (χ4n) is 2.64. The maximum Gasteiger partial charge on any atom is 0.509 e. The first-order valence-electron chi connectivity index (χ1n) is 6.94. The molecule has 1 aliphatic carbocycles. The molecule has 1 aromatic rings. The highest BCUT2D eigenvalue weighted by Gasteiger charge is 2.27. The minimum absolute atomic E-state index is 0.157. The lowest BCUT2D eigenvalue weighted by Crippen LogP contribution is -2.36. The van der Waals surface area contributed by atoms with E-state index in [1.807, 2.05) is 0 Å². The molecule has 5 heteroatoms. The lowest BCUT2D eigenvalue weighted by Gasteiger charge is -2.21. The highest BCUT2D eigenvalue weighted by Crippen LogP contribution is 2.24. The van der Waals surface area contributed by atoms with Crippen LogP contribution in [0.15, 0.2) is 18.2 Å². The molecule has 0 bridgehead atoms. The molecule has 0 amide bonds. The van der Waals surface area contributed by atoms with E-state index in [2.05, 4.69) is 0 Å². The minimum atomic E-state index is -4.93. The molecule has 0 spiro atoms. The minimum Gasteiger partial charge on any atom is -0.490 e. The van der Waals surface area contributed by atoms with Crippen molar-refractivity contribution in [3.8, 4) is 5.75 Å². The molecular formula is C14H19BF3O-. The van der Waals surface area contributed by atoms with Crippen LogP contribution in [0.5, 0.6) is 5.75 Å². The third-order valence-corrected chi connectivity index (χ3v) is 3.70. The van der Waals surface area contributed by atoms with Gasteiger partial charge in [0.25, 0.3) is 0 Å². The summed E-state index contributed by atoms with van der Waals surface area (Å²) in [6.07, 6.45) is 6.92. The molecule has 0 unspecified atom stereocenters. The monoisotopic (exact) mass is 271 g/mol. The van der Waals surface area contributed by atoms with Crippen LogP contribution in [0.4, 0.5) is 12.9 Å². The van der Waals surface area contributed by atoms with Crippen LogP contribution in [0.1, 0.15) is 44.1 Å². The summed E-state index contributed by atoms with van der Waals surface area (Å²) < 4.78 is 44.0. The maximum atomic E-state index is 12.7. The second-order valence-electron chi connectivity index (χ2n) is 5.32. The molecule has 0 N–H and O–H groups in total. The Hall–Kier alpha value is -1.13. The van der Waals surface area contributed by atoms with Crippen LogP contribution >= 0.6 is 0 Å². The summed E-state index contributed by atoms with van der Waals surface area (Å²) in [6, 6.07) is 4.10. The molecule has 0 atom stereocenters. The van der Waals surface area contributed by atoms with Crippen LogP contribution < -0.4 is 10.2 Å². The molecule has 0 radical (unpaired) electrons. The molecule has 1 aromatic carbocycles. The van der Waals surface area contributed by atoms with Gasteiger partial charge in [0.1, 0.15) is 5.75 Å². The van der Waals surface area contributed by atoms with Crippen molar-refractivity contribution in [1.82, 2.24) is 0 Å². The predicted octanol–water partition coefficient (Wildman–Crippen LogP) is 4.15. The molecular weight excluding hydrogens is 252 g/mol. The van der Waals surface area contributed by atoms with E-state index in [9.17, 15) is 12.9 Å². The second kappa shape index (κ2) is 5.89. The van der Waals surface area contributed by atoms with Gasteiger partial charge in [-0.2, -0.15) is 0 Å². The Kier molecular flexibility index (Phi) is 4.43. The average Bonchev–Trinajstić information content (AvgIpc) is 2.56. The summed E-state index contributed by atoms with van der Waals surface area (Å²) in [4.78, 5) is 0. The Bertz CT molecular complexity index is 423. The van der Waals surface area contributed by atoms with E-state index in [1.54, 1.807) is 0 Å². The van der Waals surface area contributed by atoms with Crippen LogP contribution in [0, 0.1) is 6.92 Å². The molecule has 0 heterocycles. The Morgan fingerprint density at radius 3 is 2.21 bits per heavy atom. The molecule has 1 saturated carbocycles. The van der Waals surface area contributed by atoms with Crippen molar-refractivity contribution in [3.63, 3.8) is 0 Å². The quantitative estimate of drug-likeness (QED) is 0.592. The van der Waals surface area contributed by atoms with Crippen LogP contribution in [0.3, 0.4) is 0 Å². The van der Waals surface area contributed by atoms with Crippen LogP contribution in [-0.4, -0.2) is 13.1 Å². The first kappa shape index (κ1) is 14.3. The van der Waals surface area contributed by atoms with Gasteiger partial charge in [-0.3, -0.25) is 0 Å². The van der Waals surface area contributed by atoms with Gasteiger partial charge in [0, 0.05) is 0 Å². The molecule has 1 fully saturated rings. The lowest BCUT2D eigenvalue weighted by atomic mass is 9.77. The topological polar surface area (TPSA) is 9.23 Å². The normalized spacial score (nSPS) is 18.1. The lowest BCUT2D eigenvalue weighted by molar-refractivity contribution is 0.183. The van der Waals surface area contributed by atoms with E-state index < -0.39 is 12.4 Å². The summed E-state index contributed by atoms with van der Waals surface area (Å²) in [6.45, 7) is -3.44. The van der Waals surface area contributed by atoms with Gasteiger partial charge in [0.15, 0.2) is 0 Å².